The first-order valence-electron chi connectivity index (χ1n) is 7.38. The normalized spacial score (nSPS) is 26.7. The maximum absolute atomic E-state index is 12.4. The number of rotatable bonds is 2. The molecule has 2 heteroatoms. The molecule has 2 nitrogen and oxygen atoms in total. The summed E-state index contributed by atoms with van der Waals surface area (Å²) in [5.41, 5.74) is 0.0188. The van der Waals surface area contributed by atoms with Crippen LogP contribution in [-0.4, -0.2) is 11.6 Å². The Morgan fingerprint density at radius 1 is 1.06 bits per heavy atom. The molecule has 2 fully saturated rings. The summed E-state index contributed by atoms with van der Waals surface area (Å²) in [4.78, 5) is 12.4. The van der Waals surface area contributed by atoms with Crippen LogP contribution in [0.3, 0.4) is 0 Å². The Bertz CT molecular complexity index is 321. The molecule has 0 heterocycles. The molecule has 2 saturated carbocycles. The van der Waals surface area contributed by atoms with Crippen LogP contribution in [0.1, 0.15) is 73.1 Å². The highest BCUT2D eigenvalue weighted by molar-refractivity contribution is 5.80. The van der Waals surface area contributed by atoms with Crippen LogP contribution in [0.4, 0.5) is 0 Å². The summed E-state index contributed by atoms with van der Waals surface area (Å²) in [6.45, 7) is 10.6. The fraction of sp³-hybridized carbons (Fsp3) is 0.938. The second-order valence-corrected chi connectivity index (χ2v) is 8.10. The Morgan fingerprint density at radius 2 is 1.56 bits per heavy atom. The maximum Gasteiger partial charge on any atom is 0.312 e. The molecule has 2 aliphatic carbocycles. The van der Waals surface area contributed by atoms with Gasteiger partial charge in [-0.25, -0.2) is 0 Å². The van der Waals surface area contributed by atoms with Crippen molar-refractivity contribution in [1.82, 2.24) is 0 Å². The van der Waals surface area contributed by atoms with Crippen molar-refractivity contribution in [3.05, 3.63) is 0 Å². The maximum atomic E-state index is 12.4. The number of esters is 1. The van der Waals surface area contributed by atoms with Crippen LogP contribution < -0.4 is 0 Å². The van der Waals surface area contributed by atoms with E-state index in [9.17, 15) is 4.79 Å². The topological polar surface area (TPSA) is 26.3 Å². The second-order valence-electron chi connectivity index (χ2n) is 8.10. The van der Waals surface area contributed by atoms with Gasteiger partial charge in [0.1, 0.15) is 5.60 Å². The monoisotopic (exact) mass is 252 g/mol. The zero-order valence-electron chi connectivity index (χ0n) is 12.6. The lowest BCUT2D eigenvalue weighted by atomic mass is 9.68. The van der Waals surface area contributed by atoms with Crippen LogP contribution in [0.2, 0.25) is 0 Å². The molecule has 0 atom stereocenters. The highest BCUT2D eigenvalue weighted by atomic mass is 16.6. The van der Waals surface area contributed by atoms with Gasteiger partial charge < -0.3 is 4.74 Å². The van der Waals surface area contributed by atoms with Gasteiger partial charge in [-0.1, -0.05) is 13.8 Å². The Labute approximate surface area is 111 Å². The van der Waals surface area contributed by atoms with Gasteiger partial charge >= 0.3 is 5.97 Å². The zero-order chi connectivity index (χ0) is 13.6. The summed E-state index contributed by atoms with van der Waals surface area (Å²) in [6, 6.07) is 0. The third-order valence-corrected chi connectivity index (χ3v) is 4.71. The third kappa shape index (κ3) is 2.89. The summed E-state index contributed by atoms with van der Waals surface area (Å²) in [6.07, 6.45) is 7.00. The largest absolute Gasteiger partial charge is 0.460 e. The molecule has 0 radical (unpaired) electrons. The Balaban J connectivity index is 1.98. The smallest absolute Gasteiger partial charge is 0.312 e. The van der Waals surface area contributed by atoms with E-state index in [1.165, 1.54) is 25.7 Å². The minimum absolute atomic E-state index is 0.0692. The first kappa shape index (κ1) is 13.9. The lowest BCUT2D eigenvalue weighted by molar-refractivity contribution is -0.165. The van der Waals surface area contributed by atoms with E-state index in [1.807, 2.05) is 20.8 Å². The molecule has 104 valence electrons. The van der Waals surface area contributed by atoms with Crippen molar-refractivity contribution < 1.29 is 9.53 Å². The third-order valence-electron chi connectivity index (χ3n) is 4.71. The van der Waals surface area contributed by atoms with E-state index < -0.39 is 0 Å². The highest BCUT2D eigenvalue weighted by Crippen LogP contribution is 2.59. The minimum atomic E-state index is -0.347. The van der Waals surface area contributed by atoms with Crippen molar-refractivity contribution in [1.29, 1.82) is 0 Å². The van der Waals surface area contributed by atoms with Crippen LogP contribution in [0, 0.1) is 16.7 Å². The molecule has 0 N–H and O–H groups in total. The Kier molecular flexibility index (Phi) is 3.28. The van der Waals surface area contributed by atoms with Gasteiger partial charge in [-0.3, -0.25) is 4.79 Å². The molecule has 0 saturated heterocycles. The molecule has 0 bridgehead atoms. The van der Waals surface area contributed by atoms with Gasteiger partial charge in [0.15, 0.2) is 0 Å². The quantitative estimate of drug-likeness (QED) is 0.684. The first-order valence-corrected chi connectivity index (χ1v) is 7.38. The van der Waals surface area contributed by atoms with Crippen molar-refractivity contribution in [2.24, 2.45) is 16.7 Å². The lowest BCUT2D eigenvalue weighted by Crippen LogP contribution is -2.36. The standard InChI is InChI=1S/C16H28O2/c1-14(2,3)18-13(17)16(10-11-16)12-6-8-15(4,5)9-7-12/h12H,6-11H2,1-5H3. The fourth-order valence-electron chi connectivity index (χ4n) is 3.25. The molecule has 0 amide bonds. The summed E-state index contributed by atoms with van der Waals surface area (Å²) >= 11 is 0. The number of hydrogen-bond donors (Lipinski definition) is 0. The van der Waals surface area contributed by atoms with Crippen molar-refractivity contribution in [2.75, 3.05) is 0 Å². The second kappa shape index (κ2) is 4.25. The SMILES string of the molecule is CC1(C)CCC(C2(C(=O)OC(C)(C)C)CC2)CC1. The van der Waals surface area contributed by atoms with Gasteiger partial charge in [-0.05, 0) is 70.6 Å². The van der Waals surface area contributed by atoms with Gasteiger partial charge in [0, 0.05) is 0 Å². The lowest BCUT2D eigenvalue weighted by Gasteiger charge is -2.38. The molecule has 0 aliphatic heterocycles. The van der Waals surface area contributed by atoms with E-state index >= 15 is 0 Å². The van der Waals surface area contributed by atoms with Gasteiger partial charge in [0.05, 0.1) is 5.41 Å². The number of carbonyl (C=O) groups excluding carboxylic acids is 1. The van der Waals surface area contributed by atoms with Crippen molar-refractivity contribution >= 4 is 5.97 Å². The molecule has 0 unspecified atom stereocenters. The van der Waals surface area contributed by atoms with Gasteiger partial charge in [-0.2, -0.15) is 0 Å². The number of hydrogen-bond acceptors (Lipinski definition) is 2. The zero-order valence-corrected chi connectivity index (χ0v) is 12.6. The minimum Gasteiger partial charge on any atom is -0.460 e. The summed E-state index contributed by atoms with van der Waals surface area (Å²) in [5.74, 6) is 0.639. The fourth-order valence-corrected chi connectivity index (χ4v) is 3.25. The van der Waals surface area contributed by atoms with Crippen molar-refractivity contribution in [3.8, 4) is 0 Å². The first-order chi connectivity index (χ1) is 8.15. The average molecular weight is 252 g/mol. The van der Waals surface area contributed by atoms with Crippen LogP contribution in [0.25, 0.3) is 0 Å². The molecule has 0 spiro atoms. The van der Waals surface area contributed by atoms with Crippen molar-refractivity contribution in [3.63, 3.8) is 0 Å². The van der Waals surface area contributed by atoms with E-state index in [0.29, 0.717) is 11.3 Å². The molecule has 0 aromatic rings. The predicted octanol–water partition coefficient (Wildman–Crippen LogP) is 4.32. The van der Waals surface area contributed by atoms with Crippen LogP contribution in [-0.2, 0) is 9.53 Å². The molecule has 2 rings (SSSR count). The van der Waals surface area contributed by atoms with E-state index in [1.54, 1.807) is 0 Å². The number of ether oxygens (including phenoxy) is 1. The molecule has 18 heavy (non-hydrogen) atoms. The van der Waals surface area contributed by atoms with E-state index in [-0.39, 0.29) is 17.0 Å². The summed E-state index contributed by atoms with van der Waals surface area (Å²) < 4.78 is 5.63. The highest BCUT2D eigenvalue weighted by Gasteiger charge is 2.57. The van der Waals surface area contributed by atoms with Crippen LogP contribution in [0.15, 0.2) is 0 Å². The molecule has 2 aliphatic rings. The number of carbonyl (C=O) groups is 1. The predicted molar refractivity (Wildman–Crippen MR) is 73.3 cm³/mol. The van der Waals surface area contributed by atoms with Gasteiger partial charge in [0.2, 0.25) is 0 Å². The molecular weight excluding hydrogens is 224 g/mol. The van der Waals surface area contributed by atoms with Crippen molar-refractivity contribution in [2.45, 2.75) is 78.7 Å². The summed E-state index contributed by atoms with van der Waals surface area (Å²) in [5, 5.41) is 0. The molecular formula is C16H28O2. The Hall–Kier alpha value is -0.530. The molecule has 0 aromatic carbocycles. The van der Waals surface area contributed by atoms with E-state index in [0.717, 1.165) is 12.8 Å². The Morgan fingerprint density at radius 3 is 1.94 bits per heavy atom. The summed E-state index contributed by atoms with van der Waals surface area (Å²) in [7, 11) is 0. The van der Waals surface area contributed by atoms with Crippen LogP contribution >= 0.6 is 0 Å². The average Bonchev–Trinajstić information content (AvgIpc) is 2.95. The van der Waals surface area contributed by atoms with E-state index in [4.69, 9.17) is 4.74 Å². The van der Waals surface area contributed by atoms with E-state index in [2.05, 4.69) is 13.8 Å². The van der Waals surface area contributed by atoms with Crippen LogP contribution in [0.5, 0.6) is 0 Å². The van der Waals surface area contributed by atoms with Gasteiger partial charge in [0.25, 0.3) is 0 Å². The molecule has 0 aromatic heterocycles. The van der Waals surface area contributed by atoms with Gasteiger partial charge in [-0.15, -0.1) is 0 Å².